The fourth-order valence-electron chi connectivity index (χ4n) is 5.59. The molecule has 3 atom stereocenters. The normalized spacial score (nSPS) is 17.7. The van der Waals surface area contributed by atoms with Gasteiger partial charge >= 0.3 is 12.2 Å². The lowest BCUT2D eigenvalue weighted by atomic mass is 9.94. The Bertz CT molecular complexity index is 1400. The lowest BCUT2D eigenvalue weighted by Gasteiger charge is -2.47. The summed E-state index contributed by atoms with van der Waals surface area (Å²) in [5, 5.41) is 2.88. The van der Waals surface area contributed by atoms with Gasteiger partial charge in [0.15, 0.2) is 0 Å². The number of amides is 3. The fraction of sp³-hybridized carbons (Fsp3) is 0.432. The Morgan fingerprint density at radius 3 is 1.56 bits per heavy atom. The summed E-state index contributed by atoms with van der Waals surface area (Å²) in [6, 6.07) is 28.0. The van der Waals surface area contributed by atoms with Crippen molar-refractivity contribution in [2.24, 2.45) is 0 Å². The zero-order chi connectivity index (χ0) is 32.6. The standard InChI is InChI=1S/C37H47N3O5/c1-36(2,3)44-34(42)38-32(24-29-20-14-9-15-21-29)33(41)39-25-31(23-28-18-12-8-13-19-28)40(35(43)45-37(4,5)6)26-30(39)22-27-16-10-7-11-17-27/h7-21,30-32H,22-26H2,1-6H3,(H,38,42)/t30-,31+,32-/m1/s1. The molecule has 3 aromatic rings. The van der Waals surface area contributed by atoms with E-state index in [0.717, 1.165) is 16.7 Å². The van der Waals surface area contributed by atoms with Crippen LogP contribution in [0.2, 0.25) is 0 Å². The monoisotopic (exact) mass is 613 g/mol. The van der Waals surface area contributed by atoms with Crippen LogP contribution < -0.4 is 5.32 Å². The number of hydrogen-bond acceptors (Lipinski definition) is 5. The maximum absolute atomic E-state index is 14.6. The third-order valence-corrected chi connectivity index (χ3v) is 7.51. The summed E-state index contributed by atoms with van der Waals surface area (Å²) in [6.07, 6.45) is 0.331. The molecule has 0 spiro atoms. The van der Waals surface area contributed by atoms with Crippen molar-refractivity contribution in [1.29, 1.82) is 0 Å². The third-order valence-electron chi connectivity index (χ3n) is 7.51. The molecule has 45 heavy (non-hydrogen) atoms. The summed E-state index contributed by atoms with van der Waals surface area (Å²) >= 11 is 0. The molecular weight excluding hydrogens is 566 g/mol. The van der Waals surface area contributed by atoms with E-state index in [4.69, 9.17) is 9.47 Å². The minimum Gasteiger partial charge on any atom is -0.444 e. The molecule has 8 heteroatoms. The van der Waals surface area contributed by atoms with Crippen molar-refractivity contribution in [2.45, 2.75) is 90.1 Å². The molecule has 1 aliphatic rings. The minimum absolute atomic E-state index is 0.215. The number of hydrogen-bond donors (Lipinski definition) is 1. The van der Waals surface area contributed by atoms with Crippen molar-refractivity contribution in [1.82, 2.24) is 15.1 Å². The highest BCUT2D eigenvalue weighted by atomic mass is 16.6. The fourth-order valence-corrected chi connectivity index (χ4v) is 5.59. The zero-order valence-electron chi connectivity index (χ0n) is 27.4. The quantitative estimate of drug-likeness (QED) is 0.317. The summed E-state index contributed by atoms with van der Waals surface area (Å²) < 4.78 is 11.4. The number of nitrogens with zero attached hydrogens (tertiary/aromatic N) is 2. The molecular formula is C37H47N3O5. The van der Waals surface area contributed by atoms with Crippen LogP contribution in [0.15, 0.2) is 91.0 Å². The first kappa shape index (κ1) is 33.6. The second-order valence-electron chi connectivity index (χ2n) is 13.7. The van der Waals surface area contributed by atoms with Crippen LogP contribution in [0, 0.1) is 0 Å². The first-order valence-corrected chi connectivity index (χ1v) is 15.7. The van der Waals surface area contributed by atoms with Gasteiger partial charge in [0.05, 0.1) is 12.1 Å². The van der Waals surface area contributed by atoms with Crippen molar-refractivity contribution >= 4 is 18.1 Å². The van der Waals surface area contributed by atoms with Gasteiger partial charge in [-0.2, -0.15) is 0 Å². The van der Waals surface area contributed by atoms with Crippen molar-refractivity contribution in [3.63, 3.8) is 0 Å². The number of nitrogens with one attached hydrogen (secondary N) is 1. The Labute approximate surface area is 267 Å². The van der Waals surface area contributed by atoms with Gasteiger partial charge in [0.25, 0.3) is 0 Å². The molecule has 1 fully saturated rings. The van der Waals surface area contributed by atoms with Crippen LogP contribution in [0.25, 0.3) is 0 Å². The van der Waals surface area contributed by atoms with Crippen molar-refractivity contribution in [3.05, 3.63) is 108 Å². The number of carbonyl (C=O) groups excluding carboxylic acids is 3. The Morgan fingerprint density at radius 2 is 1.09 bits per heavy atom. The summed E-state index contributed by atoms with van der Waals surface area (Å²) in [7, 11) is 0. The van der Waals surface area contributed by atoms with Gasteiger partial charge in [0.2, 0.25) is 5.91 Å². The molecule has 1 N–H and O–H groups in total. The van der Waals surface area contributed by atoms with Crippen molar-refractivity contribution in [2.75, 3.05) is 13.1 Å². The summed E-state index contributed by atoms with van der Waals surface area (Å²) in [4.78, 5) is 45.0. The zero-order valence-corrected chi connectivity index (χ0v) is 27.4. The second-order valence-corrected chi connectivity index (χ2v) is 13.7. The van der Waals surface area contributed by atoms with Crippen LogP contribution in [-0.2, 0) is 33.5 Å². The van der Waals surface area contributed by atoms with E-state index >= 15 is 0 Å². The lowest BCUT2D eigenvalue weighted by Crippen LogP contribution is -2.65. The highest BCUT2D eigenvalue weighted by molar-refractivity contribution is 5.87. The largest absolute Gasteiger partial charge is 0.444 e. The van der Waals surface area contributed by atoms with Crippen LogP contribution in [-0.4, -0.2) is 70.3 Å². The third kappa shape index (κ3) is 10.4. The number of benzene rings is 3. The predicted molar refractivity (Wildman–Crippen MR) is 176 cm³/mol. The maximum Gasteiger partial charge on any atom is 0.410 e. The van der Waals surface area contributed by atoms with Gasteiger partial charge in [-0.25, -0.2) is 9.59 Å². The molecule has 1 aliphatic heterocycles. The molecule has 3 aromatic carbocycles. The Morgan fingerprint density at radius 1 is 0.667 bits per heavy atom. The molecule has 8 nitrogen and oxygen atoms in total. The molecule has 0 unspecified atom stereocenters. The minimum atomic E-state index is -0.869. The molecule has 0 saturated carbocycles. The average Bonchev–Trinajstić information content (AvgIpc) is 2.97. The summed E-state index contributed by atoms with van der Waals surface area (Å²) in [6.45, 7) is 11.5. The number of ether oxygens (including phenoxy) is 2. The molecule has 0 aromatic heterocycles. The van der Waals surface area contributed by atoms with E-state index in [9.17, 15) is 14.4 Å². The number of carbonyl (C=O) groups is 3. The highest BCUT2D eigenvalue weighted by Gasteiger charge is 2.42. The second kappa shape index (κ2) is 14.6. The summed E-state index contributed by atoms with van der Waals surface area (Å²) in [5.74, 6) is -0.215. The van der Waals surface area contributed by atoms with Gasteiger partial charge in [0, 0.05) is 19.5 Å². The maximum atomic E-state index is 14.6. The molecule has 3 amide bonds. The highest BCUT2D eigenvalue weighted by Crippen LogP contribution is 2.26. The molecule has 0 radical (unpaired) electrons. The molecule has 0 bridgehead atoms. The molecule has 240 valence electrons. The van der Waals surface area contributed by atoms with Crippen LogP contribution in [0.5, 0.6) is 0 Å². The Hall–Kier alpha value is -4.33. The summed E-state index contributed by atoms with van der Waals surface area (Å²) in [5.41, 5.74) is 1.62. The smallest absolute Gasteiger partial charge is 0.410 e. The average molecular weight is 614 g/mol. The van der Waals surface area contributed by atoms with Gasteiger partial charge in [0.1, 0.15) is 17.2 Å². The van der Waals surface area contributed by atoms with Crippen molar-refractivity contribution in [3.8, 4) is 0 Å². The van der Waals surface area contributed by atoms with E-state index in [1.165, 1.54) is 0 Å². The topological polar surface area (TPSA) is 88.2 Å². The van der Waals surface area contributed by atoms with Crippen molar-refractivity contribution < 1.29 is 23.9 Å². The Kier molecular flexibility index (Phi) is 10.9. The first-order valence-electron chi connectivity index (χ1n) is 15.7. The van der Waals surface area contributed by atoms with E-state index in [1.807, 2.05) is 117 Å². The van der Waals surface area contributed by atoms with Crippen LogP contribution in [0.1, 0.15) is 58.2 Å². The van der Waals surface area contributed by atoms with Gasteiger partial charge < -0.3 is 24.6 Å². The van der Waals surface area contributed by atoms with Gasteiger partial charge in [-0.15, -0.1) is 0 Å². The van der Waals surface area contributed by atoms with Gasteiger partial charge in [-0.3, -0.25) is 4.79 Å². The number of rotatable bonds is 8. The van der Waals surface area contributed by atoms with Crippen LogP contribution in [0.4, 0.5) is 9.59 Å². The van der Waals surface area contributed by atoms with Crippen LogP contribution >= 0.6 is 0 Å². The van der Waals surface area contributed by atoms with E-state index in [0.29, 0.717) is 19.3 Å². The number of piperazine rings is 1. The number of alkyl carbamates (subject to hydrolysis) is 1. The molecule has 1 heterocycles. The molecule has 4 rings (SSSR count). The van der Waals surface area contributed by atoms with Gasteiger partial charge in [-0.05, 0) is 71.1 Å². The van der Waals surface area contributed by atoms with E-state index in [2.05, 4.69) is 5.32 Å². The molecule has 0 aliphatic carbocycles. The van der Waals surface area contributed by atoms with Gasteiger partial charge in [-0.1, -0.05) is 91.0 Å². The van der Waals surface area contributed by atoms with E-state index in [-0.39, 0.29) is 31.1 Å². The lowest BCUT2D eigenvalue weighted by molar-refractivity contribution is -0.140. The van der Waals surface area contributed by atoms with E-state index < -0.39 is 29.4 Å². The Balaban J connectivity index is 1.71. The van der Waals surface area contributed by atoms with E-state index in [1.54, 1.807) is 25.7 Å². The first-order chi connectivity index (χ1) is 21.3. The predicted octanol–water partition coefficient (Wildman–Crippen LogP) is 6.42. The molecule has 1 saturated heterocycles. The van der Waals surface area contributed by atoms with Crippen LogP contribution in [0.3, 0.4) is 0 Å². The SMILES string of the molecule is CC(C)(C)OC(=O)N[C@H](Cc1ccccc1)C(=O)N1C[C@H](Cc2ccccc2)N(C(=O)OC(C)(C)C)C[C@H]1Cc1ccccc1.